The Morgan fingerprint density at radius 3 is 2.73 bits per heavy atom. The molecule has 6 rings (SSSR count). The molecule has 0 aliphatic heterocycles. The maximum absolute atomic E-state index is 14.2. The van der Waals surface area contributed by atoms with Crippen molar-refractivity contribution in [3.05, 3.63) is 115 Å². The van der Waals surface area contributed by atoms with Crippen LogP contribution in [0.3, 0.4) is 0 Å². The molecule has 0 fully saturated rings. The number of carbonyl (C=O) groups excluding carboxylic acids is 1. The number of benzene rings is 2. The summed E-state index contributed by atoms with van der Waals surface area (Å²) in [6.07, 6.45) is 4.93. The van der Waals surface area contributed by atoms with Crippen LogP contribution in [-0.2, 0) is 0 Å². The molecule has 3 N–H and O–H groups in total. The van der Waals surface area contributed by atoms with Crippen molar-refractivity contribution >= 4 is 55.4 Å². The number of hydrogen-bond donors (Lipinski definition) is 2. The number of aromatic nitrogens is 5. The summed E-state index contributed by atoms with van der Waals surface area (Å²) in [4.78, 5) is 36.8. The van der Waals surface area contributed by atoms with Crippen LogP contribution in [0.25, 0.3) is 22.1 Å². The molecule has 0 aliphatic carbocycles. The number of amides is 1. The van der Waals surface area contributed by atoms with Gasteiger partial charge >= 0.3 is 0 Å². The highest BCUT2D eigenvalue weighted by Gasteiger charge is 2.26. The van der Waals surface area contributed by atoms with Gasteiger partial charge in [-0.3, -0.25) is 19.1 Å². The number of para-hydroxylation sites is 1. The molecule has 0 saturated carbocycles. The maximum atomic E-state index is 14.2. The summed E-state index contributed by atoms with van der Waals surface area (Å²) in [5.74, 6) is 5.85. The van der Waals surface area contributed by atoms with Gasteiger partial charge in [0, 0.05) is 33.5 Å². The highest BCUT2D eigenvalue weighted by molar-refractivity contribution is 9.10. The molecule has 9 nitrogen and oxygen atoms in total. The summed E-state index contributed by atoms with van der Waals surface area (Å²) in [5, 5.41) is 8.33. The van der Waals surface area contributed by atoms with Gasteiger partial charge in [-0.05, 0) is 53.0 Å². The number of nitrogens with two attached hydrogens (primary N) is 1. The Morgan fingerprint density at radius 2 is 1.95 bits per heavy atom. The molecule has 6 aromatic rings. The quantitative estimate of drug-likeness (QED) is 0.279. The summed E-state index contributed by atoms with van der Waals surface area (Å²) < 4.78 is 3.72. The van der Waals surface area contributed by atoms with Crippen LogP contribution < -0.4 is 16.6 Å². The Balaban J connectivity index is 1.52. The van der Waals surface area contributed by atoms with E-state index in [1.54, 1.807) is 34.7 Å². The highest BCUT2D eigenvalue weighted by atomic mass is 79.9. The SMILES string of the molecule is C[C@@H](NC(=O)c1c(N)nn2cccnc12)c1c(Br)c2cccc(C#Cc3cncs3)c2c(=O)n1-c1ccccc1. The van der Waals surface area contributed by atoms with Crippen molar-refractivity contribution in [3.8, 4) is 17.5 Å². The van der Waals surface area contributed by atoms with Gasteiger partial charge in [0.1, 0.15) is 5.56 Å². The maximum Gasteiger partial charge on any atom is 0.264 e. The van der Waals surface area contributed by atoms with Gasteiger partial charge in [0.05, 0.1) is 33.7 Å². The fourth-order valence-electron chi connectivity index (χ4n) is 4.61. The highest BCUT2D eigenvalue weighted by Crippen LogP contribution is 2.33. The van der Waals surface area contributed by atoms with E-state index in [-0.39, 0.29) is 16.9 Å². The van der Waals surface area contributed by atoms with Crippen molar-refractivity contribution < 1.29 is 4.79 Å². The minimum Gasteiger partial charge on any atom is -0.381 e. The molecular formula is C29H20BrN7O2S. The van der Waals surface area contributed by atoms with Gasteiger partial charge in [-0.15, -0.1) is 16.4 Å². The molecule has 0 unspecified atom stereocenters. The van der Waals surface area contributed by atoms with E-state index in [2.05, 4.69) is 48.2 Å². The number of rotatable bonds is 4. The van der Waals surface area contributed by atoms with E-state index >= 15 is 0 Å². The number of nitrogens with one attached hydrogen (secondary N) is 1. The Bertz CT molecular complexity index is 2020. The molecule has 0 saturated heterocycles. The number of anilines is 1. The predicted octanol–water partition coefficient (Wildman–Crippen LogP) is 4.73. The van der Waals surface area contributed by atoms with E-state index in [9.17, 15) is 9.59 Å². The Labute approximate surface area is 240 Å². The van der Waals surface area contributed by atoms with Crippen LogP contribution in [-0.4, -0.2) is 30.1 Å². The number of carbonyl (C=O) groups is 1. The lowest BCUT2D eigenvalue weighted by atomic mass is 10.0. The van der Waals surface area contributed by atoms with Gasteiger partial charge < -0.3 is 11.1 Å². The normalized spacial score (nSPS) is 11.8. The van der Waals surface area contributed by atoms with Gasteiger partial charge in [-0.25, -0.2) is 9.50 Å². The average Bonchev–Trinajstić information content (AvgIpc) is 3.60. The third kappa shape index (κ3) is 4.43. The topological polar surface area (TPSA) is 120 Å². The second-order valence-corrected chi connectivity index (χ2v) is 10.5. The van der Waals surface area contributed by atoms with E-state index < -0.39 is 11.9 Å². The molecule has 1 amide bonds. The molecule has 11 heteroatoms. The van der Waals surface area contributed by atoms with Crippen LogP contribution in [0.1, 0.15) is 39.5 Å². The molecule has 0 radical (unpaired) electrons. The first-order valence-electron chi connectivity index (χ1n) is 12.2. The molecule has 0 spiro atoms. The summed E-state index contributed by atoms with van der Waals surface area (Å²) in [5.41, 5.74) is 9.85. The zero-order chi connectivity index (χ0) is 27.8. The van der Waals surface area contributed by atoms with Crippen LogP contribution in [0.2, 0.25) is 0 Å². The smallest absolute Gasteiger partial charge is 0.264 e. The first-order valence-corrected chi connectivity index (χ1v) is 13.8. The number of pyridine rings is 1. The lowest BCUT2D eigenvalue weighted by Crippen LogP contribution is -2.33. The molecule has 0 bridgehead atoms. The standard InChI is InChI=1S/C29H20BrN7O2S/c1-17(34-28(38)23-26(31)35-36-14-6-13-33-27(23)36)25-24(30)21-10-5-7-18(11-12-20-15-32-16-40-20)22(21)29(39)37(25)19-8-3-2-4-9-19/h2-10,13-17H,1H3,(H2,31,35)(H,34,38)/t17-/m1/s1. The molecule has 2 aromatic carbocycles. The van der Waals surface area contributed by atoms with Gasteiger partial charge in [0.25, 0.3) is 11.5 Å². The molecule has 0 aliphatic rings. The number of hydrogen-bond acceptors (Lipinski definition) is 7. The number of thiazole rings is 1. The number of nitrogen functional groups attached to an aromatic ring is 1. The third-order valence-corrected chi connectivity index (χ3v) is 7.88. The van der Waals surface area contributed by atoms with E-state index in [1.807, 2.05) is 55.5 Å². The molecule has 196 valence electrons. The summed E-state index contributed by atoms with van der Waals surface area (Å²) in [6.45, 7) is 1.81. The van der Waals surface area contributed by atoms with E-state index in [1.165, 1.54) is 15.9 Å². The minimum atomic E-state index is -0.621. The van der Waals surface area contributed by atoms with Gasteiger partial charge in [-0.2, -0.15) is 0 Å². The Kier molecular flexibility index (Phi) is 6.63. The van der Waals surface area contributed by atoms with Crippen molar-refractivity contribution in [2.75, 3.05) is 5.73 Å². The van der Waals surface area contributed by atoms with Crippen molar-refractivity contribution in [2.45, 2.75) is 13.0 Å². The summed E-state index contributed by atoms with van der Waals surface area (Å²) in [7, 11) is 0. The van der Waals surface area contributed by atoms with Crippen molar-refractivity contribution in [1.82, 2.24) is 29.5 Å². The van der Waals surface area contributed by atoms with Crippen LogP contribution >= 0.6 is 27.3 Å². The molecule has 4 aromatic heterocycles. The Hall–Kier alpha value is -4.79. The summed E-state index contributed by atoms with van der Waals surface area (Å²) >= 11 is 5.19. The van der Waals surface area contributed by atoms with Crippen molar-refractivity contribution in [1.29, 1.82) is 0 Å². The van der Waals surface area contributed by atoms with Crippen LogP contribution in [0, 0.1) is 11.8 Å². The molecular weight excluding hydrogens is 590 g/mol. The van der Waals surface area contributed by atoms with E-state index in [4.69, 9.17) is 5.73 Å². The van der Waals surface area contributed by atoms with E-state index in [0.29, 0.717) is 37.8 Å². The minimum absolute atomic E-state index is 0.0607. The third-order valence-electron chi connectivity index (χ3n) is 6.36. The number of nitrogens with zero attached hydrogens (tertiary/aromatic N) is 5. The Morgan fingerprint density at radius 1 is 1.12 bits per heavy atom. The molecule has 40 heavy (non-hydrogen) atoms. The van der Waals surface area contributed by atoms with Gasteiger partial charge in [0.15, 0.2) is 11.5 Å². The van der Waals surface area contributed by atoms with Gasteiger partial charge in [-0.1, -0.05) is 36.3 Å². The summed E-state index contributed by atoms with van der Waals surface area (Å²) in [6, 6.07) is 15.9. The molecule has 1 atom stereocenters. The monoisotopic (exact) mass is 609 g/mol. The van der Waals surface area contributed by atoms with Crippen LogP contribution in [0.4, 0.5) is 5.82 Å². The fraction of sp³-hybridized carbons (Fsp3) is 0.0690. The first kappa shape index (κ1) is 25.5. The zero-order valence-corrected chi connectivity index (χ0v) is 23.4. The number of halogens is 1. The van der Waals surface area contributed by atoms with Crippen LogP contribution in [0.15, 0.2) is 88.0 Å². The fourth-order valence-corrected chi connectivity index (χ4v) is 5.93. The second-order valence-electron chi connectivity index (χ2n) is 8.86. The van der Waals surface area contributed by atoms with Gasteiger partial charge in [0.2, 0.25) is 0 Å². The lowest BCUT2D eigenvalue weighted by Gasteiger charge is -2.23. The number of fused-ring (bicyclic) bond motifs is 2. The van der Waals surface area contributed by atoms with E-state index in [0.717, 1.165) is 4.88 Å². The predicted molar refractivity (Wildman–Crippen MR) is 159 cm³/mol. The second kappa shape index (κ2) is 10.4. The van der Waals surface area contributed by atoms with Crippen molar-refractivity contribution in [3.63, 3.8) is 0 Å². The first-order chi connectivity index (χ1) is 19.4. The zero-order valence-electron chi connectivity index (χ0n) is 21.0. The lowest BCUT2D eigenvalue weighted by molar-refractivity contribution is 0.0941. The largest absolute Gasteiger partial charge is 0.381 e. The van der Waals surface area contributed by atoms with Crippen LogP contribution in [0.5, 0.6) is 0 Å². The van der Waals surface area contributed by atoms with Crippen molar-refractivity contribution in [2.24, 2.45) is 0 Å². The average molecular weight is 610 g/mol. The molecule has 4 heterocycles.